The number of carbonyl (C=O) groups is 4. The van der Waals surface area contributed by atoms with Crippen molar-refractivity contribution in [2.75, 3.05) is 6.61 Å². The lowest BCUT2D eigenvalue weighted by Crippen LogP contribution is -2.70. The minimum Gasteiger partial charge on any atom is -0.457 e. The topological polar surface area (TPSA) is 155 Å². The molecule has 1 aliphatic heterocycles. The van der Waals surface area contributed by atoms with Crippen molar-refractivity contribution < 1.29 is 52.8 Å². The molecule has 0 spiro atoms. The van der Waals surface area contributed by atoms with E-state index in [0.717, 1.165) is 18.1 Å². The summed E-state index contributed by atoms with van der Waals surface area (Å²) in [6.45, 7) is 17.6. The average molecular weight is 723 g/mol. The summed E-state index contributed by atoms with van der Waals surface area (Å²) in [5.74, 6) is -3.26. The first kappa shape index (κ1) is 39.4. The van der Waals surface area contributed by atoms with Crippen LogP contribution in [0.15, 0.2) is 28.7 Å². The third kappa shape index (κ3) is 6.95. The number of esters is 3. The van der Waals surface area contributed by atoms with E-state index in [2.05, 4.69) is 20.8 Å². The highest BCUT2D eigenvalue weighted by Gasteiger charge is 2.68. The number of aliphatic hydroxyl groups excluding tert-OH is 1. The summed E-state index contributed by atoms with van der Waals surface area (Å²) >= 11 is 1.19. The lowest BCUT2D eigenvalue weighted by molar-refractivity contribution is -0.222. The Balaban J connectivity index is 2.01. The Labute approximate surface area is 294 Å². The van der Waals surface area contributed by atoms with E-state index in [1.54, 1.807) is 52.1 Å². The van der Waals surface area contributed by atoms with Gasteiger partial charge in [0.1, 0.15) is 16.6 Å². The average Bonchev–Trinajstić information content (AvgIpc) is 3.58. The Hall–Kier alpha value is -2.42. The molecule has 2 aliphatic carbocycles. The second kappa shape index (κ2) is 14.7. The number of ether oxygens (including phenoxy) is 4. The Morgan fingerprint density at radius 3 is 2.16 bits per heavy atom. The Bertz CT molecular complexity index is 1430. The molecular formula is C36H54O11SSi. The lowest BCUT2D eigenvalue weighted by Gasteiger charge is -2.60. The zero-order valence-corrected chi connectivity index (χ0v) is 32.3. The number of Topliss-reactive ketones (excluding diaryl/α,β-unsaturated/α-hetero) is 1. The molecule has 49 heavy (non-hydrogen) atoms. The maximum Gasteiger partial charge on any atom is 0.348 e. The smallest absolute Gasteiger partial charge is 0.348 e. The molecule has 2 bridgehead atoms. The summed E-state index contributed by atoms with van der Waals surface area (Å²) < 4.78 is 30.9. The molecule has 1 aromatic rings. The first-order chi connectivity index (χ1) is 22.8. The van der Waals surface area contributed by atoms with Crippen molar-refractivity contribution in [3.05, 3.63) is 33.5 Å². The molecule has 1 saturated heterocycles. The molecule has 0 aromatic carbocycles. The minimum atomic E-state index is -2.50. The molecule has 2 N–H and O–H groups in total. The van der Waals surface area contributed by atoms with Gasteiger partial charge in [0.2, 0.25) is 0 Å². The van der Waals surface area contributed by atoms with Crippen LogP contribution in [-0.2, 0) is 37.8 Å². The van der Waals surface area contributed by atoms with Crippen LogP contribution in [0.2, 0.25) is 18.1 Å². The standard InChI is InChI=1S/C36H54O11SSi/c1-11-49(12-2,13-3)47-28(17-25-26(19-43-25)44-22(6)37)35(10)21(5)32(46-33(41)27-15-14-16-48-27)36(42)18-24(39)20(4)29(34(36,8)9)30(31(35)40)45-23(7)38/h14-16,21,24-26,28,30,32,39,42H,11-13,17-19H2,1-10H3/t21-,24-,25+,26-,28-,30+,32-,35-,36+/m0/s1. The van der Waals surface area contributed by atoms with Crippen LogP contribution in [0.4, 0.5) is 0 Å². The van der Waals surface area contributed by atoms with Crippen molar-refractivity contribution in [3.8, 4) is 0 Å². The van der Waals surface area contributed by atoms with Crippen molar-refractivity contribution in [1.82, 2.24) is 0 Å². The molecule has 9 atom stereocenters. The van der Waals surface area contributed by atoms with Crippen LogP contribution < -0.4 is 0 Å². The van der Waals surface area contributed by atoms with E-state index >= 15 is 4.79 Å². The number of aliphatic hydroxyl groups is 2. The molecule has 11 nitrogen and oxygen atoms in total. The Morgan fingerprint density at radius 2 is 1.67 bits per heavy atom. The van der Waals surface area contributed by atoms with Gasteiger partial charge in [-0.2, -0.15) is 0 Å². The third-order valence-corrected chi connectivity index (χ3v) is 17.5. The zero-order valence-electron chi connectivity index (χ0n) is 30.5. The molecule has 1 aromatic heterocycles. The molecule has 3 aliphatic rings. The van der Waals surface area contributed by atoms with Crippen LogP contribution in [0.5, 0.6) is 0 Å². The van der Waals surface area contributed by atoms with E-state index in [9.17, 15) is 24.6 Å². The first-order valence-corrected chi connectivity index (χ1v) is 20.8. The van der Waals surface area contributed by atoms with E-state index in [4.69, 9.17) is 23.4 Å². The Morgan fingerprint density at radius 1 is 1.06 bits per heavy atom. The van der Waals surface area contributed by atoms with Crippen LogP contribution in [0.25, 0.3) is 0 Å². The van der Waals surface area contributed by atoms with Gasteiger partial charge in [0.15, 0.2) is 26.3 Å². The summed E-state index contributed by atoms with van der Waals surface area (Å²) in [7, 11) is -2.50. The van der Waals surface area contributed by atoms with E-state index in [-0.39, 0.29) is 25.0 Å². The fourth-order valence-electron chi connectivity index (χ4n) is 8.26. The predicted octanol–water partition coefficient (Wildman–Crippen LogP) is 5.38. The quantitative estimate of drug-likeness (QED) is 0.124. The third-order valence-electron chi connectivity index (χ3n) is 12.0. The van der Waals surface area contributed by atoms with Crippen LogP contribution in [-0.4, -0.2) is 91.1 Å². The molecule has 13 heteroatoms. The number of thiophene rings is 1. The van der Waals surface area contributed by atoms with Crippen LogP contribution in [0, 0.1) is 16.7 Å². The van der Waals surface area contributed by atoms with E-state index in [0.29, 0.717) is 10.5 Å². The van der Waals surface area contributed by atoms with Crippen molar-refractivity contribution in [2.24, 2.45) is 16.7 Å². The van der Waals surface area contributed by atoms with E-state index in [1.807, 2.05) is 0 Å². The van der Waals surface area contributed by atoms with Gasteiger partial charge in [-0.15, -0.1) is 11.3 Å². The van der Waals surface area contributed by atoms with Gasteiger partial charge >= 0.3 is 17.9 Å². The number of carbonyl (C=O) groups excluding carboxylic acids is 4. The van der Waals surface area contributed by atoms with Crippen LogP contribution >= 0.6 is 11.3 Å². The summed E-state index contributed by atoms with van der Waals surface area (Å²) in [5, 5.41) is 26.1. The summed E-state index contributed by atoms with van der Waals surface area (Å²) in [5.41, 5.74) is -4.10. The molecule has 0 radical (unpaired) electrons. The normalized spacial score (nSPS) is 33.5. The van der Waals surface area contributed by atoms with Crippen molar-refractivity contribution in [1.29, 1.82) is 0 Å². The Kier molecular flexibility index (Phi) is 11.8. The number of fused-ring (bicyclic) bond motifs is 2. The number of rotatable bonds is 12. The van der Waals surface area contributed by atoms with Gasteiger partial charge in [0, 0.05) is 38.0 Å². The second-order valence-corrected chi connectivity index (χ2v) is 20.4. The fourth-order valence-corrected chi connectivity index (χ4v) is 11.8. The van der Waals surface area contributed by atoms with Crippen LogP contribution in [0.3, 0.4) is 0 Å². The highest BCUT2D eigenvalue weighted by atomic mass is 32.1. The van der Waals surface area contributed by atoms with Gasteiger partial charge in [-0.3, -0.25) is 14.4 Å². The molecular weight excluding hydrogens is 669 g/mol. The maximum absolute atomic E-state index is 15.5. The van der Waals surface area contributed by atoms with Gasteiger partial charge in [0.05, 0.1) is 30.3 Å². The SMILES string of the molecule is CC[Si](CC)(CC)O[C@@H](C[C@H]1OC[C@@H]1OC(C)=O)[C@@]1(C)C(=O)[C@H](OC(C)=O)C2=C(C)[C@@H](O)C[C@@](O)([C@@H](OC(=O)c3cccs3)[C@@H]1C)C2(C)C. The largest absolute Gasteiger partial charge is 0.457 e. The highest BCUT2D eigenvalue weighted by molar-refractivity contribution is 7.11. The van der Waals surface area contributed by atoms with E-state index < -0.39 is 91.0 Å². The second-order valence-electron chi connectivity index (χ2n) is 14.7. The summed E-state index contributed by atoms with van der Waals surface area (Å²) in [6.07, 6.45) is -6.07. The number of ketones is 1. The highest BCUT2D eigenvalue weighted by Crippen LogP contribution is 2.58. The number of hydrogen-bond donors (Lipinski definition) is 2. The van der Waals surface area contributed by atoms with E-state index in [1.165, 1.54) is 25.2 Å². The number of hydrogen-bond acceptors (Lipinski definition) is 12. The molecule has 4 rings (SSSR count). The molecule has 2 fully saturated rings. The van der Waals surface area contributed by atoms with Gasteiger partial charge in [-0.1, -0.05) is 47.6 Å². The van der Waals surface area contributed by atoms with Crippen LogP contribution in [0.1, 0.15) is 91.8 Å². The molecule has 274 valence electrons. The monoisotopic (exact) mass is 722 g/mol. The first-order valence-electron chi connectivity index (χ1n) is 17.4. The summed E-state index contributed by atoms with van der Waals surface area (Å²) in [6, 6.07) is 5.61. The maximum atomic E-state index is 15.5. The van der Waals surface area contributed by atoms with Crippen molar-refractivity contribution in [3.63, 3.8) is 0 Å². The van der Waals surface area contributed by atoms with Crippen molar-refractivity contribution in [2.45, 2.75) is 142 Å². The molecule has 0 amide bonds. The molecule has 1 saturated carbocycles. The zero-order chi connectivity index (χ0) is 36.7. The van der Waals surface area contributed by atoms with Gasteiger partial charge in [0.25, 0.3) is 0 Å². The minimum absolute atomic E-state index is 0.153. The van der Waals surface area contributed by atoms with Gasteiger partial charge in [-0.05, 0) is 54.6 Å². The van der Waals surface area contributed by atoms with Gasteiger partial charge in [-0.25, -0.2) is 4.79 Å². The molecule has 0 unspecified atom stereocenters. The summed E-state index contributed by atoms with van der Waals surface area (Å²) in [4.78, 5) is 54.3. The van der Waals surface area contributed by atoms with Crippen molar-refractivity contribution >= 4 is 43.3 Å². The predicted molar refractivity (Wildman–Crippen MR) is 185 cm³/mol. The fraction of sp³-hybridized carbons (Fsp3) is 0.722. The van der Waals surface area contributed by atoms with Gasteiger partial charge < -0.3 is 33.6 Å². The molecule has 2 heterocycles. The lowest BCUT2D eigenvalue weighted by atomic mass is 9.50.